The molecular weight excluding hydrogens is 287 g/mol. The van der Waals surface area contributed by atoms with Gasteiger partial charge in [-0.25, -0.2) is 0 Å². The minimum absolute atomic E-state index is 0.226. The number of carbonyl (C=O) groups excluding carboxylic acids is 1. The molecule has 2 rings (SSSR count). The van der Waals surface area contributed by atoms with Gasteiger partial charge in [-0.2, -0.15) is 4.98 Å². The number of nitrogens with one attached hydrogen (secondary N) is 2. The summed E-state index contributed by atoms with van der Waals surface area (Å²) in [5.41, 5.74) is 0.662. The third kappa shape index (κ3) is 3.56. The van der Waals surface area contributed by atoms with E-state index in [1.807, 2.05) is 0 Å². The summed E-state index contributed by atoms with van der Waals surface area (Å²) in [6.07, 6.45) is 2.91. The maximum Gasteiger partial charge on any atom is 0.250 e. The van der Waals surface area contributed by atoms with Crippen LogP contribution < -0.4 is 5.32 Å². The Kier molecular flexibility index (Phi) is 4.19. The zero-order valence-corrected chi connectivity index (χ0v) is 11.5. The zero-order chi connectivity index (χ0) is 13.8. The molecule has 0 aliphatic rings. The molecule has 5 nitrogen and oxygen atoms in total. The first-order chi connectivity index (χ1) is 9.06. The van der Waals surface area contributed by atoms with E-state index in [0.717, 1.165) is 0 Å². The first-order valence-corrected chi connectivity index (χ1v) is 6.14. The molecule has 1 amide bonds. The maximum absolute atomic E-state index is 11.6. The molecule has 0 radical (unpaired) electrons. The van der Waals surface area contributed by atoms with Crippen LogP contribution in [-0.2, 0) is 4.79 Å². The normalized spacial score (nSPS) is 10.9. The second-order valence-corrected chi connectivity index (χ2v) is 4.50. The van der Waals surface area contributed by atoms with E-state index in [9.17, 15) is 4.79 Å². The molecule has 98 valence electrons. The fourth-order valence-corrected chi connectivity index (χ4v) is 1.74. The van der Waals surface area contributed by atoms with Crippen molar-refractivity contribution >= 4 is 41.1 Å². The second kappa shape index (κ2) is 5.86. The van der Waals surface area contributed by atoms with Crippen molar-refractivity contribution in [2.75, 3.05) is 5.32 Å². The second-order valence-electron chi connectivity index (χ2n) is 3.71. The van der Waals surface area contributed by atoms with Crippen molar-refractivity contribution in [3.63, 3.8) is 0 Å². The van der Waals surface area contributed by atoms with Gasteiger partial charge < -0.3 is 0 Å². The summed E-state index contributed by atoms with van der Waals surface area (Å²) in [5, 5.41) is 9.77. The Bertz CT molecular complexity index is 636. The van der Waals surface area contributed by atoms with Crippen LogP contribution in [0, 0.1) is 6.92 Å². The Morgan fingerprint density at radius 2 is 2.21 bits per heavy atom. The van der Waals surface area contributed by atoms with E-state index < -0.39 is 0 Å². The van der Waals surface area contributed by atoms with Gasteiger partial charge in [-0.15, -0.1) is 5.10 Å². The number of carbonyl (C=O) groups is 1. The molecule has 0 aliphatic carbocycles. The third-order valence-corrected chi connectivity index (χ3v) is 3.06. The molecule has 1 heterocycles. The quantitative estimate of drug-likeness (QED) is 0.855. The van der Waals surface area contributed by atoms with Gasteiger partial charge in [-0.1, -0.05) is 35.3 Å². The minimum Gasteiger partial charge on any atom is -0.290 e. The highest BCUT2D eigenvalue weighted by Gasteiger charge is 2.04. The Balaban J connectivity index is 2.06. The molecule has 0 aliphatic heterocycles. The smallest absolute Gasteiger partial charge is 0.250 e. The van der Waals surface area contributed by atoms with Crippen LogP contribution in [0.5, 0.6) is 0 Å². The minimum atomic E-state index is -0.352. The lowest BCUT2D eigenvalue weighted by Gasteiger charge is -2.00. The number of aryl methyl sites for hydroxylation is 1. The van der Waals surface area contributed by atoms with Crippen molar-refractivity contribution in [3.8, 4) is 0 Å². The number of hydrogen-bond acceptors (Lipinski definition) is 3. The number of aromatic nitrogens is 3. The summed E-state index contributed by atoms with van der Waals surface area (Å²) in [7, 11) is 0. The molecule has 19 heavy (non-hydrogen) atoms. The van der Waals surface area contributed by atoms with Crippen LogP contribution in [0.3, 0.4) is 0 Å². The number of rotatable bonds is 3. The topological polar surface area (TPSA) is 70.7 Å². The van der Waals surface area contributed by atoms with Crippen LogP contribution in [-0.4, -0.2) is 21.1 Å². The Hall–Kier alpha value is -1.85. The van der Waals surface area contributed by atoms with E-state index >= 15 is 0 Å². The molecule has 0 spiro atoms. The van der Waals surface area contributed by atoms with Crippen molar-refractivity contribution in [1.29, 1.82) is 0 Å². The molecule has 1 aromatic heterocycles. The van der Waals surface area contributed by atoms with Gasteiger partial charge in [0.1, 0.15) is 5.82 Å². The van der Waals surface area contributed by atoms with E-state index in [-0.39, 0.29) is 11.9 Å². The Morgan fingerprint density at radius 3 is 2.89 bits per heavy atom. The van der Waals surface area contributed by atoms with Gasteiger partial charge in [0.15, 0.2) is 0 Å². The molecular formula is C12H10Cl2N4O. The summed E-state index contributed by atoms with van der Waals surface area (Å²) in [5.74, 6) is 0.497. The predicted octanol–water partition coefficient (Wildman–Crippen LogP) is 3.07. The number of benzene rings is 1. The van der Waals surface area contributed by atoms with Gasteiger partial charge in [0.25, 0.3) is 5.91 Å². The largest absolute Gasteiger partial charge is 0.290 e. The molecule has 2 aromatic rings. The lowest BCUT2D eigenvalue weighted by molar-refractivity contribution is -0.111. The van der Waals surface area contributed by atoms with Crippen molar-refractivity contribution in [2.45, 2.75) is 6.92 Å². The molecule has 0 bridgehead atoms. The average Bonchev–Trinajstić information content (AvgIpc) is 2.76. The molecule has 0 unspecified atom stereocenters. The highest BCUT2D eigenvalue weighted by atomic mass is 35.5. The van der Waals surface area contributed by atoms with Gasteiger partial charge in [0, 0.05) is 6.08 Å². The van der Waals surface area contributed by atoms with Crippen LogP contribution in [0.2, 0.25) is 10.0 Å². The van der Waals surface area contributed by atoms with Crippen LogP contribution in [0.1, 0.15) is 11.4 Å². The van der Waals surface area contributed by atoms with Gasteiger partial charge in [0.05, 0.1) is 10.0 Å². The molecule has 0 saturated heterocycles. The lowest BCUT2D eigenvalue weighted by Crippen LogP contribution is -2.09. The van der Waals surface area contributed by atoms with Crippen molar-refractivity contribution in [3.05, 3.63) is 45.7 Å². The molecule has 1 aromatic carbocycles. The van der Waals surface area contributed by atoms with Gasteiger partial charge in [-0.3, -0.25) is 15.2 Å². The van der Waals surface area contributed by atoms with Crippen LogP contribution in [0.15, 0.2) is 24.3 Å². The molecule has 0 saturated carbocycles. The monoisotopic (exact) mass is 296 g/mol. The fourth-order valence-electron chi connectivity index (χ4n) is 1.37. The summed E-state index contributed by atoms with van der Waals surface area (Å²) in [4.78, 5) is 15.6. The highest BCUT2D eigenvalue weighted by molar-refractivity contribution is 6.42. The predicted molar refractivity (Wildman–Crippen MR) is 75.2 cm³/mol. The Morgan fingerprint density at radius 1 is 1.42 bits per heavy atom. The Labute approximate surface area is 119 Å². The summed E-state index contributed by atoms with van der Waals surface area (Å²) in [6, 6.07) is 5.19. The molecule has 7 heteroatoms. The molecule has 0 fully saturated rings. The first-order valence-electron chi connectivity index (χ1n) is 5.38. The summed E-state index contributed by atoms with van der Waals surface area (Å²) >= 11 is 11.9. The van der Waals surface area contributed by atoms with E-state index in [4.69, 9.17) is 23.2 Å². The fraction of sp³-hybridized carbons (Fsp3) is 0.0833. The number of halogens is 2. The standard InChI is InChI=1S/C12H10Cl2N4O/c1-7-15-12(18-17-7)16-10(19)6-5-8-3-2-4-9(13)11(8)14/h2-6H,1H3,(H2,15,16,17,18,19)/b6-5+. The molecule has 0 atom stereocenters. The number of amides is 1. The molecule has 2 N–H and O–H groups in total. The van der Waals surface area contributed by atoms with Crippen molar-refractivity contribution in [1.82, 2.24) is 15.2 Å². The lowest BCUT2D eigenvalue weighted by atomic mass is 10.2. The van der Waals surface area contributed by atoms with Crippen LogP contribution in [0.4, 0.5) is 5.95 Å². The van der Waals surface area contributed by atoms with E-state index in [0.29, 0.717) is 21.4 Å². The number of H-pyrrole nitrogens is 1. The van der Waals surface area contributed by atoms with Crippen molar-refractivity contribution < 1.29 is 4.79 Å². The van der Waals surface area contributed by atoms with Crippen LogP contribution in [0.25, 0.3) is 6.08 Å². The van der Waals surface area contributed by atoms with Gasteiger partial charge in [-0.05, 0) is 24.6 Å². The third-order valence-electron chi connectivity index (χ3n) is 2.23. The van der Waals surface area contributed by atoms with E-state index in [1.54, 1.807) is 31.2 Å². The number of nitrogens with zero attached hydrogens (tertiary/aromatic N) is 2. The number of hydrogen-bond donors (Lipinski definition) is 2. The summed E-state index contributed by atoms with van der Waals surface area (Å²) in [6.45, 7) is 1.74. The SMILES string of the molecule is Cc1nc(NC(=O)/C=C/c2cccc(Cl)c2Cl)n[nH]1. The average molecular weight is 297 g/mol. The van der Waals surface area contributed by atoms with E-state index in [1.165, 1.54) is 6.08 Å². The highest BCUT2D eigenvalue weighted by Crippen LogP contribution is 2.26. The number of anilines is 1. The van der Waals surface area contributed by atoms with Gasteiger partial charge >= 0.3 is 0 Å². The van der Waals surface area contributed by atoms with Crippen molar-refractivity contribution in [2.24, 2.45) is 0 Å². The summed E-state index contributed by atoms with van der Waals surface area (Å²) < 4.78 is 0. The number of aromatic amines is 1. The first kappa shape index (κ1) is 13.6. The van der Waals surface area contributed by atoms with Crippen LogP contribution >= 0.6 is 23.2 Å². The zero-order valence-electron chi connectivity index (χ0n) is 9.95. The van der Waals surface area contributed by atoms with Gasteiger partial charge in [0.2, 0.25) is 5.95 Å². The van der Waals surface area contributed by atoms with E-state index in [2.05, 4.69) is 20.5 Å². The maximum atomic E-state index is 11.6.